The summed E-state index contributed by atoms with van der Waals surface area (Å²) in [5.74, 6) is 0.548. The third kappa shape index (κ3) is 2.19. The molecule has 0 aliphatic heterocycles. The molecular formula is C20H24O4. The van der Waals surface area contributed by atoms with Gasteiger partial charge in [0.25, 0.3) is 0 Å². The fourth-order valence-corrected chi connectivity index (χ4v) is 5.90. The molecule has 24 heavy (non-hydrogen) atoms. The number of phenolic OH excluding ortho intramolecular Hbond substituents is 1. The van der Waals surface area contributed by atoms with Crippen LogP contribution in [-0.2, 0) is 16.0 Å². The molecule has 0 amide bonds. The standard InChI is InChI=1S/C20H24O4/c1-20-7-6-15-14-5-3-13(21)8-11(14)2-4-16(15)17(20)9-12(19(20)24)10-18(22)23/h3,5,8,12,15-17,21H,2,4,6-7,9-10H2,1H3,(H,22,23)/t12?,15?,16?,17?,20-/m0/s1. The number of aryl methyl sites for hydroxylation is 1. The van der Waals surface area contributed by atoms with Crippen molar-refractivity contribution in [2.75, 3.05) is 0 Å². The smallest absolute Gasteiger partial charge is 0.304 e. The molecule has 3 aliphatic rings. The Labute approximate surface area is 141 Å². The minimum Gasteiger partial charge on any atom is -0.508 e. The van der Waals surface area contributed by atoms with E-state index in [-0.39, 0.29) is 23.5 Å². The first kappa shape index (κ1) is 15.7. The van der Waals surface area contributed by atoms with Crippen molar-refractivity contribution in [3.8, 4) is 5.75 Å². The Morgan fingerprint density at radius 3 is 2.88 bits per heavy atom. The molecule has 4 nitrogen and oxygen atoms in total. The molecule has 1 aromatic carbocycles. The minimum absolute atomic E-state index is 0.0211. The van der Waals surface area contributed by atoms with E-state index in [0.29, 0.717) is 23.5 Å². The van der Waals surface area contributed by atoms with Crippen LogP contribution in [0.1, 0.15) is 56.1 Å². The fraction of sp³-hybridized carbons (Fsp3) is 0.600. The van der Waals surface area contributed by atoms with Crippen molar-refractivity contribution in [1.29, 1.82) is 0 Å². The van der Waals surface area contributed by atoms with E-state index in [1.54, 1.807) is 6.07 Å². The molecule has 0 radical (unpaired) electrons. The van der Waals surface area contributed by atoms with E-state index in [0.717, 1.165) is 32.1 Å². The van der Waals surface area contributed by atoms with E-state index in [4.69, 9.17) is 5.11 Å². The summed E-state index contributed by atoms with van der Waals surface area (Å²) in [5.41, 5.74) is 2.24. The molecule has 2 N–H and O–H groups in total. The van der Waals surface area contributed by atoms with Crippen molar-refractivity contribution < 1.29 is 19.8 Å². The number of carbonyl (C=O) groups excluding carboxylic acids is 1. The van der Waals surface area contributed by atoms with Gasteiger partial charge in [-0.15, -0.1) is 0 Å². The van der Waals surface area contributed by atoms with Gasteiger partial charge < -0.3 is 10.2 Å². The minimum atomic E-state index is -0.864. The number of aromatic hydroxyl groups is 1. The van der Waals surface area contributed by atoms with Gasteiger partial charge in [-0.1, -0.05) is 13.0 Å². The van der Waals surface area contributed by atoms with Gasteiger partial charge >= 0.3 is 5.97 Å². The maximum absolute atomic E-state index is 12.9. The lowest BCUT2D eigenvalue weighted by atomic mass is 9.55. The molecule has 0 saturated heterocycles. The second-order valence-electron chi connectivity index (χ2n) is 8.15. The van der Waals surface area contributed by atoms with Gasteiger partial charge in [-0.05, 0) is 73.1 Å². The van der Waals surface area contributed by atoms with Gasteiger partial charge in [-0.3, -0.25) is 9.59 Å². The molecule has 0 spiro atoms. The van der Waals surface area contributed by atoms with Crippen LogP contribution < -0.4 is 0 Å². The number of ketones is 1. The van der Waals surface area contributed by atoms with E-state index in [2.05, 4.69) is 13.0 Å². The molecule has 2 fully saturated rings. The molecule has 5 atom stereocenters. The average Bonchev–Trinajstić information content (AvgIpc) is 2.78. The molecule has 4 unspecified atom stereocenters. The first-order chi connectivity index (χ1) is 11.4. The number of rotatable bonds is 2. The Balaban J connectivity index is 1.66. The topological polar surface area (TPSA) is 74.6 Å². The van der Waals surface area contributed by atoms with Crippen LogP contribution in [0.4, 0.5) is 0 Å². The van der Waals surface area contributed by atoms with Crippen LogP contribution in [0.15, 0.2) is 18.2 Å². The summed E-state index contributed by atoms with van der Waals surface area (Å²) in [7, 11) is 0. The molecule has 0 aromatic heterocycles. The molecule has 0 bridgehead atoms. The average molecular weight is 328 g/mol. The molecule has 0 heterocycles. The molecule has 2 saturated carbocycles. The van der Waals surface area contributed by atoms with Gasteiger partial charge in [0.1, 0.15) is 11.5 Å². The van der Waals surface area contributed by atoms with Crippen molar-refractivity contribution in [3.05, 3.63) is 29.3 Å². The number of aliphatic carboxylic acids is 1. The van der Waals surface area contributed by atoms with Crippen LogP contribution in [-0.4, -0.2) is 22.0 Å². The SMILES string of the molecule is C[C@]12CCC3c4ccc(O)cc4CCC3C1CC(CC(=O)O)C2=O. The third-order valence-electron chi connectivity index (χ3n) is 6.99. The number of benzene rings is 1. The summed E-state index contributed by atoms with van der Waals surface area (Å²) in [6, 6.07) is 5.70. The van der Waals surface area contributed by atoms with E-state index in [1.807, 2.05) is 6.07 Å². The lowest BCUT2D eigenvalue weighted by molar-refractivity contribution is -0.141. The van der Waals surface area contributed by atoms with Gasteiger partial charge in [0.15, 0.2) is 0 Å². The molecule has 128 valence electrons. The molecule has 3 aliphatic carbocycles. The first-order valence-electron chi connectivity index (χ1n) is 8.98. The van der Waals surface area contributed by atoms with Crippen molar-refractivity contribution in [2.24, 2.45) is 23.2 Å². The zero-order chi connectivity index (χ0) is 17.1. The maximum atomic E-state index is 12.9. The van der Waals surface area contributed by atoms with E-state index in [1.165, 1.54) is 11.1 Å². The number of phenols is 1. The number of hydrogen-bond donors (Lipinski definition) is 2. The largest absolute Gasteiger partial charge is 0.508 e. The predicted molar refractivity (Wildman–Crippen MR) is 88.9 cm³/mol. The highest BCUT2D eigenvalue weighted by atomic mass is 16.4. The fourth-order valence-electron chi connectivity index (χ4n) is 5.90. The molecule has 1 aromatic rings. The van der Waals surface area contributed by atoms with E-state index in [9.17, 15) is 14.7 Å². The zero-order valence-electron chi connectivity index (χ0n) is 14.0. The highest BCUT2D eigenvalue weighted by Gasteiger charge is 2.58. The van der Waals surface area contributed by atoms with Crippen LogP contribution in [0, 0.1) is 23.2 Å². The second kappa shape index (κ2) is 5.33. The monoisotopic (exact) mass is 328 g/mol. The number of fused-ring (bicyclic) bond motifs is 5. The Morgan fingerprint density at radius 2 is 2.12 bits per heavy atom. The van der Waals surface area contributed by atoms with Crippen molar-refractivity contribution in [1.82, 2.24) is 0 Å². The number of carboxylic acid groups (broad SMARTS) is 1. The summed E-state index contributed by atoms with van der Waals surface area (Å²) >= 11 is 0. The number of carboxylic acids is 1. The van der Waals surface area contributed by atoms with Crippen LogP contribution in [0.3, 0.4) is 0 Å². The summed E-state index contributed by atoms with van der Waals surface area (Å²) in [4.78, 5) is 24.0. The quantitative estimate of drug-likeness (QED) is 0.871. The summed E-state index contributed by atoms with van der Waals surface area (Å²) in [5, 5.41) is 18.9. The predicted octanol–water partition coefficient (Wildman–Crippen LogP) is 3.52. The highest BCUT2D eigenvalue weighted by Crippen LogP contribution is 2.61. The normalized spacial score (nSPS) is 37.5. The van der Waals surface area contributed by atoms with Gasteiger partial charge in [0.05, 0.1) is 6.42 Å². The zero-order valence-corrected chi connectivity index (χ0v) is 14.0. The Hall–Kier alpha value is -1.84. The number of carbonyl (C=O) groups is 2. The Kier molecular flexibility index (Phi) is 3.48. The van der Waals surface area contributed by atoms with Gasteiger partial charge in [0, 0.05) is 11.3 Å². The summed E-state index contributed by atoms with van der Waals surface area (Å²) < 4.78 is 0. The van der Waals surface area contributed by atoms with Crippen LogP contribution in [0.5, 0.6) is 5.75 Å². The van der Waals surface area contributed by atoms with Gasteiger partial charge in [-0.25, -0.2) is 0 Å². The number of hydrogen-bond acceptors (Lipinski definition) is 3. The Morgan fingerprint density at radius 1 is 1.33 bits per heavy atom. The van der Waals surface area contributed by atoms with Crippen LogP contribution >= 0.6 is 0 Å². The third-order valence-corrected chi connectivity index (χ3v) is 6.99. The van der Waals surface area contributed by atoms with Gasteiger partial charge in [-0.2, -0.15) is 0 Å². The summed E-state index contributed by atoms with van der Waals surface area (Å²) in [6.45, 7) is 2.07. The molecule has 4 rings (SSSR count). The highest BCUT2D eigenvalue weighted by molar-refractivity contribution is 5.92. The van der Waals surface area contributed by atoms with Crippen molar-refractivity contribution in [2.45, 2.75) is 51.4 Å². The second-order valence-corrected chi connectivity index (χ2v) is 8.15. The number of Topliss-reactive ketones (excluding diaryl/α,β-unsaturated/α-hetero) is 1. The van der Waals surface area contributed by atoms with E-state index >= 15 is 0 Å². The molecule has 4 heteroatoms. The maximum Gasteiger partial charge on any atom is 0.304 e. The Bertz CT molecular complexity index is 710. The molecular weight excluding hydrogens is 304 g/mol. The lowest BCUT2D eigenvalue weighted by Crippen LogP contribution is -2.42. The van der Waals surface area contributed by atoms with Crippen molar-refractivity contribution in [3.63, 3.8) is 0 Å². The van der Waals surface area contributed by atoms with Crippen LogP contribution in [0.2, 0.25) is 0 Å². The van der Waals surface area contributed by atoms with E-state index < -0.39 is 5.97 Å². The lowest BCUT2D eigenvalue weighted by Gasteiger charge is -2.48. The van der Waals surface area contributed by atoms with Crippen LogP contribution in [0.25, 0.3) is 0 Å². The van der Waals surface area contributed by atoms with Crippen molar-refractivity contribution >= 4 is 11.8 Å². The first-order valence-corrected chi connectivity index (χ1v) is 8.98. The summed E-state index contributed by atoms with van der Waals surface area (Å²) in [6.07, 6.45) is 4.53. The van der Waals surface area contributed by atoms with Gasteiger partial charge in [0.2, 0.25) is 0 Å².